The minimum atomic E-state index is -1.47. The van der Waals surface area contributed by atoms with Crippen molar-refractivity contribution in [2.24, 2.45) is 0 Å². The molecule has 0 aliphatic rings. The largest absolute Gasteiger partial charge is 0.479 e. The van der Waals surface area contributed by atoms with Crippen molar-refractivity contribution < 1.29 is 19.8 Å². The summed E-state index contributed by atoms with van der Waals surface area (Å²) >= 11 is 0. The number of aliphatic carboxylic acids is 1. The SMILES string of the molecule is Nc1ccccc1C(=O)NCC[C@H](O)C(=O)O. The fourth-order valence-corrected chi connectivity index (χ4v) is 1.24. The van der Waals surface area contributed by atoms with Gasteiger partial charge in [-0.3, -0.25) is 4.79 Å². The number of carbonyl (C=O) groups is 2. The van der Waals surface area contributed by atoms with E-state index in [9.17, 15) is 9.59 Å². The first-order valence-corrected chi connectivity index (χ1v) is 5.06. The Labute approximate surface area is 98.1 Å². The molecule has 5 N–H and O–H groups in total. The molecule has 1 rings (SSSR count). The van der Waals surface area contributed by atoms with Crippen molar-refractivity contribution in [1.29, 1.82) is 0 Å². The molecule has 1 amide bonds. The maximum atomic E-state index is 11.6. The predicted molar refractivity (Wildman–Crippen MR) is 61.4 cm³/mol. The van der Waals surface area contributed by atoms with Gasteiger partial charge in [0, 0.05) is 18.7 Å². The van der Waals surface area contributed by atoms with Crippen LogP contribution in [-0.2, 0) is 4.79 Å². The molecular formula is C11H14N2O4. The smallest absolute Gasteiger partial charge is 0.332 e. The lowest BCUT2D eigenvalue weighted by Gasteiger charge is -2.08. The number of hydrogen-bond donors (Lipinski definition) is 4. The molecule has 1 aromatic rings. The molecule has 0 aromatic heterocycles. The number of carboxylic acids is 1. The number of hydrogen-bond acceptors (Lipinski definition) is 4. The van der Waals surface area contributed by atoms with Gasteiger partial charge in [-0.25, -0.2) is 4.79 Å². The van der Waals surface area contributed by atoms with Gasteiger partial charge in [0.25, 0.3) is 5.91 Å². The van der Waals surface area contributed by atoms with E-state index in [0.717, 1.165) is 0 Å². The summed E-state index contributed by atoms with van der Waals surface area (Å²) in [6.07, 6.45) is -1.52. The van der Waals surface area contributed by atoms with Gasteiger partial charge in [0.1, 0.15) is 0 Å². The number of amides is 1. The topological polar surface area (TPSA) is 113 Å². The van der Waals surface area contributed by atoms with Crippen molar-refractivity contribution in [1.82, 2.24) is 5.32 Å². The Morgan fingerprint density at radius 2 is 2.00 bits per heavy atom. The van der Waals surface area contributed by atoms with Gasteiger partial charge in [0.05, 0.1) is 5.56 Å². The Hall–Kier alpha value is -2.08. The molecular weight excluding hydrogens is 224 g/mol. The third kappa shape index (κ3) is 3.76. The number of benzene rings is 1. The highest BCUT2D eigenvalue weighted by atomic mass is 16.4. The zero-order valence-electron chi connectivity index (χ0n) is 9.09. The fraction of sp³-hybridized carbons (Fsp3) is 0.273. The lowest BCUT2D eigenvalue weighted by Crippen LogP contribution is -2.30. The van der Waals surface area contributed by atoms with Crippen LogP contribution in [0.4, 0.5) is 5.69 Å². The molecule has 0 radical (unpaired) electrons. The first-order chi connectivity index (χ1) is 8.02. The van der Waals surface area contributed by atoms with Crippen LogP contribution in [0.25, 0.3) is 0 Å². The van der Waals surface area contributed by atoms with E-state index < -0.39 is 12.1 Å². The Balaban J connectivity index is 2.46. The highest BCUT2D eigenvalue weighted by Gasteiger charge is 2.14. The molecule has 17 heavy (non-hydrogen) atoms. The maximum absolute atomic E-state index is 11.6. The predicted octanol–water partition coefficient (Wildman–Crippen LogP) is -0.166. The van der Waals surface area contributed by atoms with E-state index in [4.69, 9.17) is 15.9 Å². The number of aliphatic hydroxyl groups is 1. The fourth-order valence-electron chi connectivity index (χ4n) is 1.24. The van der Waals surface area contributed by atoms with Gasteiger partial charge >= 0.3 is 5.97 Å². The van der Waals surface area contributed by atoms with Crippen LogP contribution in [0.3, 0.4) is 0 Å². The number of carbonyl (C=O) groups excluding carboxylic acids is 1. The monoisotopic (exact) mass is 238 g/mol. The highest BCUT2D eigenvalue weighted by molar-refractivity contribution is 5.99. The van der Waals surface area contributed by atoms with Crippen LogP contribution in [0.1, 0.15) is 16.8 Å². The van der Waals surface area contributed by atoms with E-state index in [1.54, 1.807) is 24.3 Å². The minimum Gasteiger partial charge on any atom is -0.479 e. The number of anilines is 1. The molecule has 0 heterocycles. The number of rotatable bonds is 5. The summed E-state index contributed by atoms with van der Waals surface area (Å²) in [5, 5.41) is 19.9. The van der Waals surface area contributed by atoms with Crippen molar-refractivity contribution in [3.05, 3.63) is 29.8 Å². The Morgan fingerprint density at radius 3 is 2.59 bits per heavy atom. The number of carboxylic acid groups (broad SMARTS) is 1. The van der Waals surface area contributed by atoms with E-state index in [1.807, 2.05) is 0 Å². The van der Waals surface area contributed by atoms with Crippen LogP contribution in [0.5, 0.6) is 0 Å². The molecule has 1 atom stereocenters. The normalized spacial score (nSPS) is 11.8. The lowest BCUT2D eigenvalue weighted by molar-refractivity contribution is -0.146. The van der Waals surface area contributed by atoms with Gasteiger partial charge < -0.3 is 21.3 Å². The van der Waals surface area contributed by atoms with Crippen molar-refractivity contribution in [3.8, 4) is 0 Å². The first-order valence-electron chi connectivity index (χ1n) is 5.06. The Bertz CT molecular complexity index is 420. The molecule has 0 unspecified atom stereocenters. The quantitative estimate of drug-likeness (QED) is 0.532. The summed E-state index contributed by atoms with van der Waals surface area (Å²) in [5.41, 5.74) is 6.28. The average Bonchev–Trinajstić information content (AvgIpc) is 2.29. The third-order valence-electron chi connectivity index (χ3n) is 2.19. The van der Waals surface area contributed by atoms with Crippen molar-refractivity contribution >= 4 is 17.6 Å². The molecule has 0 saturated heterocycles. The lowest BCUT2D eigenvalue weighted by atomic mass is 10.1. The zero-order valence-corrected chi connectivity index (χ0v) is 9.09. The van der Waals surface area contributed by atoms with Gasteiger partial charge in [-0.05, 0) is 12.1 Å². The standard InChI is InChI=1S/C11H14N2O4/c12-8-4-2-1-3-7(8)10(15)13-6-5-9(14)11(16)17/h1-4,9,14H,5-6,12H2,(H,13,15)(H,16,17)/t9-/m0/s1. The van der Waals surface area contributed by atoms with Crippen LogP contribution in [-0.4, -0.2) is 34.7 Å². The van der Waals surface area contributed by atoms with Crippen LogP contribution < -0.4 is 11.1 Å². The molecule has 0 bridgehead atoms. The molecule has 92 valence electrons. The molecule has 0 spiro atoms. The van der Waals surface area contributed by atoms with Gasteiger partial charge in [-0.1, -0.05) is 12.1 Å². The molecule has 0 saturated carbocycles. The summed E-state index contributed by atoms with van der Waals surface area (Å²) in [6.45, 7) is 0.0701. The van der Waals surface area contributed by atoms with Gasteiger partial charge in [-0.15, -0.1) is 0 Å². The average molecular weight is 238 g/mol. The van der Waals surface area contributed by atoms with Gasteiger partial charge in [-0.2, -0.15) is 0 Å². The number of para-hydroxylation sites is 1. The summed E-state index contributed by atoms with van der Waals surface area (Å²) in [4.78, 5) is 21.9. The van der Waals surface area contributed by atoms with E-state index in [-0.39, 0.29) is 18.9 Å². The molecule has 0 aliphatic carbocycles. The van der Waals surface area contributed by atoms with Gasteiger partial charge in [0.2, 0.25) is 0 Å². The van der Waals surface area contributed by atoms with Crippen LogP contribution >= 0.6 is 0 Å². The third-order valence-corrected chi connectivity index (χ3v) is 2.19. The number of nitrogens with two attached hydrogens (primary N) is 1. The van der Waals surface area contributed by atoms with Crippen LogP contribution in [0, 0.1) is 0 Å². The van der Waals surface area contributed by atoms with E-state index in [0.29, 0.717) is 11.3 Å². The van der Waals surface area contributed by atoms with Crippen LogP contribution in [0.15, 0.2) is 24.3 Å². The van der Waals surface area contributed by atoms with Crippen molar-refractivity contribution in [2.45, 2.75) is 12.5 Å². The minimum absolute atomic E-state index is 0.0478. The Kier molecular flexibility index (Phi) is 4.47. The second-order valence-corrected chi connectivity index (χ2v) is 3.49. The summed E-state index contributed by atoms with van der Waals surface area (Å²) in [5.74, 6) is -1.70. The van der Waals surface area contributed by atoms with Crippen molar-refractivity contribution in [3.63, 3.8) is 0 Å². The molecule has 0 aliphatic heterocycles. The second-order valence-electron chi connectivity index (χ2n) is 3.49. The Morgan fingerprint density at radius 1 is 1.35 bits per heavy atom. The highest BCUT2D eigenvalue weighted by Crippen LogP contribution is 2.09. The van der Waals surface area contributed by atoms with E-state index >= 15 is 0 Å². The number of nitrogen functional groups attached to an aromatic ring is 1. The molecule has 1 aromatic carbocycles. The van der Waals surface area contributed by atoms with E-state index in [1.165, 1.54) is 0 Å². The summed E-state index contributed by atoms with van der Waals surface area (Å²) < 4.78 is 0. The number of nitrogens with one attached hydrogen (secondary N) is 1. The van der Waals surface area contributed by atoms with Crippen molar-refractivity contribution in [2.75, 3.05) is 12.3 Å². The van der Waals surface area contributed by atoms with Gasteiger partial charge in [0.15, 0.2) is 6.10 Å². The molecule has 6 nitrogen and oxygen atoms in total. The zero-order chi connectivity index (χ0) is 12.8. The number of aliphatic hydroxyl groups excluding tert-OH is 1. The maximum Gasteiger partial charge on any atom is 0.332 e. The molecule has 0 fully saturated rings. The summed E-state index contributed by atoms with van der Waals surface area (Å²) in [6, 6.07) is 6.55. The van der Waals surface area contributed by atoms with E-state index in [2.05, 4.69) is 5.32 Å². The second kappa shape index (κ2) is 5.86. The first kappa shape index (κ1) is 13.0. The molecule has 6 heteroatoms. The summed E-state index contributed by atoms with van der Waals surface area (Å²) in [7, 11) is 0. The van der Waals surface area contributed by atoms with Crippen LogP contribution in [0.2, 0.25) is 0 Å².